The molecule has 0 spiro atoms. The van der Waals surface area contributed by atoms with Gasteiger partial charge in [0.05, 0.1) is 6.54 Å². The van der Waals surface area contributed by atoms with Crippen LogP contribution in [0, 0.1) is 0 Å². The van der Waals surface area contributed by atoms with Gasteiger partial charge in [0.25, 0.3) is 0 Å². The smallest absolute Gasteiger partial charge is 0.191 e. The molecule has 1 aliphatic carbocycles. The number of hydrogen-bond acceptors (Lipinski definition) is 4. The Morgan fingerprint density at radius 2 is 1.81 bits per heavy atom. The third-order valence-electron chi connectivity index (χ3n) is 7.09. The van der Waals surface area contributed by atoms with Gasteiger partial charge >= 0.3 is 0 Å². The lowest BCUT2D eigenvalue weighted by Crippen LogP contribution is -2.54. The van der Waals surface area contributed by atoms with Crippen LogP contribution in [0.1, 0.15) is 64.0 Å². The number of benzene rings is 1. The minimum Gasteiger partial charge on any atom is -0.381 e. The lowest BCUT2D eigenvalue weighted by molar-refractivity contribution is 0.0374. The predicted octanol–water partition coefficient (Wildman–Crippen LogP) is 3.69. The Balaban J connectivity index is 0.00000289. The molecule has 180 valence electrons. The molecule has 2 heterocycles. The molecule has 3 N–H and O–H groups in total. The van der Waals surface area contributed by atoms with Gasteiger partial charge in [-0.2, -0.15) is 0 Å². The van der Waals surface area contributed by atoms with Crippen LogP contribution in [0.25, 0.3) is 0 Å². The molecule has 1 unspecified atom stereocenters. The van der Waals surface area contributed by atoms with Gasteiger partial charge in [-0.1, -0.05) is 30.3 Å². The van der Waals surface area contributed by atoms with Crippen LogP contribution in [0.5, 0.6) is 0 Å². The molecule has 1 aromatic rings. The summed E-state index contributed by atoms with van der Waals surface area (Å²) in [6.45, 7) is 10.1. The first kappa shape index (κ1) is 25.7. The lowest BCUT2D eigenvalue weighted by atomic mass is 9.88. The molecule has 2 saturated heterocycles. The Morgan fingerprint density at radius 1 is 1.12 bits per heavy atom. The number of piperidine rings is 1. The summed E-state index contributed by atoms with van der Waals surface area (Å²) in [6.07, 6.45) is 7.22. The molecule has 4 rings (SSSR count). The van der Waals surface area contributed by atoms with E-state index in [2.05, 4.69) is 65.0 Å². The summed E-state index contributed by atoms with van der Waals surface area (Å²) in [6, 6.07) is 12.4. The summed E-state index contributed by atoms with van der Waals surface area (Å²) >= 11 is 0. The molecule has 1 saturated carbocycles. The molecule has 3 aliphatic rings. The molecule has 7 heteroatoms. The Bertz CT molecular complexity index is 698. The van der Waals surface area contributed by atoms with Crippen LogP contribution in [0.2, 0.25) is 0 Å². The van der Waals surface area contributed by atoms with Gasteiger partial charge < -0.3 is 25.6 Å². The topological polar surface area (TPSA) is 60.9 Å². The van der Waals surface area contributed by atoms with Crippen LogP contribution in [-0.2, 0) is 4.74 Å². The van der Waals surface area contributed by atoms with Crippen molar-refractivity contribution in [2.45, 2.75) is 76.0 Å². The predicted molar refractivity (Wildman–Crippen MR) is 143 cm³/mol. The third-order valence-corrected chi connectivity index (χ3v) is 7.09. The molecule has 6 nitrogen and oxygen atoms in total. The van der Waals surface area contributed by atoms with E-state index in [1.165, 1.54) is 44.3 Å². The number of hydrogen-bond donors (Lipinski definition) is 3. The average Bonchev–Trinajstić information content (AvgIpc) is 3.65. The zero-order valence-electron chi connectivity index (χ0n) is 19.8. The zero-order valence-corrected chi connectivity index (χ0v) is 22.1. The van der Waals surface area contributed by atoms with E-state index in [1.807, 2.05) is 0 Å². The Kier molecular flexibility index (Phi) is 10.1. The molecule has 0 radical (unpaired) electrons. The van der Waals surface area contributed by atoms with E-state index in [-0.39, 0.29) is 35.6 Å². The summed E-state index contributed by atoms with van der Waals surface area (Å²) < 4.78 is 5.70. The fraction of sp³-hybridized carbons (Fsp3) is 0.720. The molecular weight excluding hydrogens is 513 g/mol. The van der Waals surface area contributed by atoms with Crippen molar-refractivity contribution in [2.24, 2.45) is 4.99 Å². The van der Waals surface area contributed by atoms with Crippen LogP contribution >= 0.6 is 24.0 Å². The van der Waals surface area contributed by atoms with E-state index in [0.29, 0.717) is 6.04 Å². The second kappa shape index (κ2) is 12.5. The van der Waals surface area contributed by atoms with E-state index < -0.39 is 0 Å². The van der Waals surface area contributed by atoms with Gasteiger partial charge in [0.15, 0.2) is 5.96 Å². The van der Waals surface area contributed by atoms with Gasteiger partial charge in [0.1, 0.15) is 0 Å². The summed E-state index contributed by atoms with van der Waals surface area (Å²) in [5.41, 5.74) is 1.30. The zero-order chi connectivity index (χ0) is 21.5. The largest absolute Gasteiger partial charge is 0.381 e. The molecule has 2 aliphatic heterocycles. The number of aliphatic imine (C=N–C) groups is 1. The van der Waals surface area contributed by atoms with Crippen LogP contribution < -0.4 is 16.0 Å². The molecule has 0 bridgehead atoms. The maximum atomic E-state index is 5.70. The standard InChI is InChI=1S/C25H41N5O.HI/c1-3-26-24(28-22-11-15-30(16-12-22)23-9-10-23)27-19-25(13-17-31-18-14-25)29-20(2)21-7-5-4-6-8-21;/h4-8,20,22-23,29H,3,9-19H2,1-2H3,(H2,26,27,28);1H. The van der Waals surface area contributed by atoms with Crippen LogP contribution in [-0.4, -0.2) is 67.9 Å². The highest BCUT2D eigenvalue weighted by molar-refractivity contribution is 14.0. The quantitative estimate of drug-likeness (QED) is 0.260. The number of likely N-dealkylation sites (tertiary alicyclic amines) is 1. The van der Waals surface area contributed by atoms with Gasteiger partial charge in [0, 0.05) is 56.5 Å². The minimum atomic E-state index is -0.0226. The molecule has 1 aromatic carbocycles. The maximum Gasteiger partial charge on any atom is 0.191 e. The van der Waals surface area contributed by atoms with E-state index in [1.54, 1.807) is 0 Å². The number of nitrogens with zero attached hydrogens (tertiary/aromatic N) is 2. The molecule has 32 heavy (non-hydrogen) atoms. The number of guanidine groups is 1. The Labute approximate surface area is 211 Å². The van der Waals surface area contributed by atoms with Crippen molar-refractivity contribution >= 4 is 29.9 Å². The maximum absolute atomic E-state index is 5.70. The first-order chi connectivity index (χ1) is 15.2. The molecule has 0 amide bonds. The van der Waals surface area contributed by atoms with Crippen molar-refractivity contribution in [1.82, 2.24) is 20.9 Å². The highest BCUT2D eigenvalue weighted by Crippen LogP contribution is 2.29. The normalized spacial score (nSPS) is 23.2. The highest BCUT2D eigenvalue weighted by Gasteiger charge is 2.35. The van der Waals surface area contributed by atoms with Crippen molar-refractivity contribution in [3.63, 3.8) is 0 Å². The van der Waals surface area contributed by atoms with Crippen molar-refractivity contribution in [3.8, 4) is 0 Å². The number of halogens is 1. The Morgan fingerprint density at radius 3 is 2.44 bits per heavy atom. The number of ether oxygens (including phenoxy) is 1. The SMILES string of the molecule is CCNC(=NCC1(NC(C)c2ccccc2)CCOCC1)NC1CCN(C2CC2)CC1.I. The van der Waals surface area contributed by atoms with Crippen molar-refractivity contribution in [1.29, 1.82) is 0 Å². The summed E-state index contributed by atoms with van der Waals surface area (Å²) in [5.74, 6) is 0.965. The summed E-state index contributed by atoms with van der Waals surface area (Å²) in [4.78, 5) is 7.75. The highest BCUT2D eigenvalue weighted by atomic mass is 127. The van der Waals surface area contributed by atoms with Gasteiger partial charge in [0.2, 0.25) is 0 Å². The lowest BCUT2D eigenvalue weighted by Gasteiger charge is -2.40. The van der Waals surface area contributed by atoms with E-state index >= 15 is 0 Å². The first-order valence-corrected chi connectivity index (χ1v) is 12.4. The fourth-order valence-electron chi connectivity index (χ4n) is 4.99. The van der Waals surface area contributed by atoms with Gasteiger partial charge in [-0.05, 0) is 57.9 Å². The van der Waals surface area contributed by atoms with Crippen molar-refractivity contribution in [2.75, 3.05) is 39.4 Å². The second-order valence-electron chi connectivity index (χ2n) is 9.55. The average molecular weight is 556 g/mol. The molecular formula is C25H42IN5O. The van der Waals surface area contributed by atoms with Gasteiger partial charge in [-0.3, -0.25) is 4.99 Å². The van der Waals surface area contributed by atoms with E-state index in [4.69, 9.17) is 9.73 Å². The van der Waals surface area contributed by atoms with Crippen molar-refractivity contribution < 1.29 is 4.74 Å². The van der Waals surface area contributed by atoms with Crippen LogP contribution in [0.15, 0.2) is 35.3 Å². The number of nitrogens with one attached hydrogen (secondary N) is 3. The van der Waals surface area contributed by atoms with Crippen molar-refractivity contribution in [3.05, 3.63) is 35.9 Å². The molecule has 1 atom stereocenters. The molecule has 3 fully saturated rings. The van der Waals surface area contributed by atoms with Crippen LogP contribution in [0.4, 0.5) is 0 Å². The third kappa shape index (κ3) is 7.30. The number of rotatable bonds is 8. The van der Waals surface area contributed by atoms with Crippen LogP contribution in [0.3, 0.4) is 0 Å². The second-order valence-corrected chi connectivity index (χ2v) is 9.55. The first-order valence-electron chi connectivity index (χ1n) is 12.4. The summed E-state index contributed by atoms with van der Waals surface area (Å²) in [5, 5.41) is 11.1. The summed E-state index contributed by atoms with van der Waals surface area (Å²) in [7, 11) is 0. The Hall–Kier alpha value is -0.900. The molecule has 0 aromatic heterocycles. The minimum absolute atomic E-state index is 0. The fourth-order valence-corrected chi connectivity index (χ4v) is 4.99. The van der Waals surface area contributed by atoms with E-state index in [0.717, 1.165) is 51.1 Å². The van der Waals surface area contributed by atoms with Gasteiger partial charge in [-0.25, -0.2) is 0 Å². The monoisotopic (exact) mass is 555 g/mol. The van der Waals surface area contributed by atoms with Gasteiger partial charge in [-0.15, -0.1) is 24.0 Å². The van der Waals surface area contributed by atoms with E-state index in [9.17, 15) is 0 Å².